The molecule has 8 heteroatoms. The molecule has 1 amide bonds. The molecule has 0 unspecified atom stereocenters. The minimum absolute atomic E-state index is 0.173. The zero-order valence-corrected chi connectivity index (χ0v) is 19.6. The summed E-state index contributed by atoms with van der Waals surface area (Å²) in [5, 5.41) is 2.69. The van der Waals surface area contributed by atoms with Gasteiger partial charge in [-0.25, -0.2) is 13.2 Å². The first kappa shape index (κ1) is 23.3. The third-order valence-electron chi connectivity index (χ3n) is 5.43. The summed E-state index contributed by atoms with van der Waals surface area (Å²) in [7, 11) is -4.15. The number of carbonyl (C=O) groups is 2. The standard InChI is InChI=1S/C26H24N2O5S/c1-3-28-22-13-9-8-12-21(22)23(18-10-6-5-7-11-18)24(34(28,31)32)25(29)27-20-16-14-19(15-17-20)26(30)33-4-2/h5-17H,3-4H2,1-2H3,(H,27,29). The van der Waals surface area contributed by atoms with E-state index in [9.17, 15) is 18.0 Å². The highest BCUT2D eigenvalue weighted by Gasteiger charge is 2.40. The monoisotopic (exact) mass is 476 g/mol. The first-order chi connectivity index (χ1) is 16.4. The number of rotatable bonds is 6. The van der Waals surface area contributed by atoms with Crippen LogP contribution in [0.2, 0.25) is 0 Å². The van der Waals surface area contributed by atoms with Crippen LogP contribution >= 0.6 is 0 Å². The van der Waals surface area contributed by atoms with Gasteiger partial charge in [0.25, 0.3) is 15.9 Å². The lowest BCUT2D eigenvalue weighted by molar-refractivity contribution is -0.112. The van der Waals surface area contributed by atoms with E-state index in [1.165, 1.54) is 28.6 Å². The Bertz CT molecular complexity index is 1360. The number of amides is 1. The van der Waals surface area contributed by atoms with Gasteiger partial charge in [0.2, 0.25) is 0 Å². The van der Waals surface area contributed by atoms with Crippen LogP contribution in [0.15, 0.2) is 83.8 Å². The quantitative estimate of drug-likeness (QED) is 0.532. The molecule has 3 aromatic rings. The van der Waals surface area contributed by atoms with Gasteiger partial charge in [0.15, 0.2) is 4.91 Å². The average molecular weight is 477 g/mol. The van der Waals surface area contributed by atoms with Gasteiger partial charge < -0.3 is 10.1 Å². The maximum absolute atomic E-state index is 13.7. The van der Waals surface area contributed by atoms with Crippen LogP contribution in [-0.4, -0.2) is 33.4 Å². The average Bonchev–Trinajstić information content (AvgIpc) is 2.84. The molecule has 0 atom stereocenters. The Labute approximate surface area is 198 Å². The molecule has 1 N–H and O–H groups in total. The van der Waals surface area contributed by atoms with Crippen molar-refractivity contribution >= 4 is 38.8 Å². The van der Waals surface area contributed by atoms with E-state index in [4.69, 9.17) is 4.74 Å². The molecule has 0 radical (unpaired) electrons. The summed E-state index contributed by atoms with van der Waals surface area (Å²) in [4.78, 5) is 25.1. The summed E-state index contributed by atoms with van der Waals surface area (Å²) in [6.45, 7) is 3.87. The Hall–Kier alpha value is -3.91. The highest BCUT2D eigenvalue weighted by Crippen LogP contribution is 2.42. The molecule has 174 valence electrons. The van der Waals surface area contributed by atoms with Gasteiger partial charge in [-0.3, -0.25) is 9.10 Å². The Morgan fingerprint density at radius 2 is 1.53 bits per heavy atom. The molecule has 0 spiro atoms. The van der Waals surface area contributed by atoms with E-state index in [0.29, 0.717) is 33.6 Å². The minimum atomic E-state index is -4.15. The summed E-state index contributed by atoms with van der Waals surface area (Å²) in [6.07, 6.45) is 0. The van der Waals surface area contributed by atoms with Crippen molar-refractivity contribution in [3.8, 4) is 0 Å². The molecule has 0 aliphatic carbocycles. The second-order valence-corrected chi connectivity index (χ2v) is 9.31. The fraction of sp³-hybridized carbons (Fsp3) is 0.154. The second-order valence-electron chi connectivity index (χ2n) is 7.51. The van der Waals surface area contributed by atoms with E-state index in [2.05, 4.69) is 5.32 Å². The predicted octanol–water partition coefficient (Wildman–Crippen LogP) is 4.43. The molecule has 1 aliphatic heterocycles. The van der Waals surface area contributed by atoms with Crippen LogP contribution in [-0.2, 0) is 19.6 Å². The van der Waals surface area contributed by atoms with Crippen molar-refractivity contribution in [3.05, 3.63) is 100 Å². The molecular formula is C26H24N2O5S. The normalized spacial score (nSPS) is 14.4. The van der Waals surface area contributed by atoms with Crippen molar-refractivity contribution < 1.29 is 22.7 Å². The highest BCUT2D eigenvalue weighted by atomic mass is 32.2. The van der Waals surface area contributed by atoms with E-state index in [0.717, 1.165) is 0 Å². The van der Waals surface area contributed by atoms with E-state index < -0.39 is 21.9 Å². The number of hydrogen-bond donors (Lipinski definition) is 1. The van der Waals surface area contributed by atoms with E-state index in [1.54, 1.807) is 50.2 Å². The van der Waals surface area contributed by atoms with Crippen LogP contribution in [0.25, 0.3) is 5.57 Å². The van der Waals surface area contributed by atoms with Crippen LogP contribution in [0, 0.1) is 0 Å². The predicted molar refractivity (Wildman–Crippen MR) is 132 cm³/mol. The number of nitrogens with zero attached hydrogens (tertiary/aromatic N) is 1. The number of carbonyl (C=O) groups excluding carboxylic acids is 2. The molecule has 1 aliphatic rings. The van der Waals surface area contributed by atoms with Gasteiger partial charge in [-0.15, -0.1) is 0 Å². The van der Waals surface area contributed by atoms with Crippen LogP contribution < -0.4 is 9.62 Å². The lowest BCUT2D eigenvalue weighted by atomic mass is 9.95. The lowest BCUT2D eigenvalue weighted by Crippen LogP contribution is -2.39. The number of para-hydroxylation sites is 1. The summed E-state index contributed by atoms with van der Waals surface area (Å²) in [6, 6.07) is 22.2. The van der Waals surface area contributed by atoms with Gasteiger partial charge in [0, 0.05) is 23.4 Å². The summed E-state index contributed by atoms with van der Waals surface area (Å²) < 4.78 is 33.6. The molecule has 0 saturated heterocycles. The number of sulfonamides is 1. The topological polar surface area (TPSA) is 92.8 Å². The molecule has 3 aromatic carbocycles. The number of fused-ring (bicyclic) bond motifs is 1. The first-order valence-corrected chi connectivity index (χ1v) is 12.3. The molecule has 7 nitrogen and oxygen atoms in total. The maximum Gasteiger partial charge on any atom is 0.338 e. The zero-order chi connectivity index (χ0) is 24.3. The van der Waals surface area contributed by atoms with Gasteiger partial charge in [0.1, 0.15) is 0 Å². The first-order valence-electron chi connectivity index (χ1n) is 10.9. The zero-order valence-electron chi connectivity index (χ0n) is 18.8. The van der Waals surface area contributed by atoms with Crippen molar-refractivity contribution in [1.29, 1.82) is 0 Å². The minimum Gasteiger partial charge on any atom is -0.462 e. The smallest absolute Gasteiger partial charge is 0.338 e. The van der Waals surface area contributed by atoms with Crippen LogP contribution in [0.1, 0.15) is 35.3 Å². The SMILES string of the molecule is CCOC(=O)c1ccc(NC(=O)C2=C(c3ccccc3)c3ccccc3N(CC)S2(=O)=O)cc1. The number of hydrogen-bond acceptors (Lipinski definition) is 5. The molecule has 0 bridgehead atoms. The molecule has 0 saturated carbocycles. The number of benzene rings is 3. The van der Waals surface area contributed by atoms with Gasteiger partial charge in [-0.2, -0.15) is 0 Å². The van der Waals surface area contributed by atoms with Crippen LogP contribution in [0.5, 0.6) is 0 Å². The van der Waals surface area contributed by atoms with Crippen molar-refractivity contribution in [1.82, 2.24) is 0 Å². The molecule has 34 heavy (non-hydrogen) atoms. The number of nitrogens with one attached hydrogen (secondary N) is 1. The lowest BCUT2D eigenvalue weighted by Gasteiger charge is -2.32. The second kappa shape index (κ2) is 9.52. The maximum atomic E-state index is 13.7. The van der Waals surface area contributed by atoms with Crippen molar-refractivity contribution in [3.63, 3.8) is 0 Å². The Morgan fingerprint density at radius 1 is 0.882 bits per heavy atom. The largest absolute Gasteiger partial charge is 0.462 e. The molecular weight excluding hydrogens is 452 g/mol. The van der Waals surface area contributed by atoms with Crippen LogP contribution in [0.3, 0.4) is 0 Å². The fourth-order valence-electron chi connectivity index (χ4n) is 3.95. The number of esters is 1. The molecule has 0 fully saturated rings. The highest BCUT2D eigenvalue weighted by molar-refractivity contribution is 7.97. The summed E-state index contributed by atoms with van der Waals surface area (Å²) >= 11 is 0. The molecule has 1 heterocycles. The van der Waals surface area contributed by atoms with Crippen molar-refractivity contribution in [2.24, 2.45) is 0 Å². The third-order valence-corrected chi connectivity index (χ3v) is 7.37. The van der Waals surface area contributed by atoms with Gasteiger partial charge >= 0.3 is 5.97 Å². The van der Waals surface area contributed by atoms with Crippen LogP contribution in [0.4, 0.5) is 11.4 Å². The molecule has 0 aromatic heterocycles. The summed E-state index contributed by atoms with van der Waals surface area (Å²) in [5.74, 6) is -1.23. The van der Waals surface area contributed by atoms with Gasteiger partial charge in [0.05, 0.1) is 17.9 Å². The van der Waals surface area contributed by atoms with Crippen molar-refractivity contribution in [2.45, 2.75) is 13.8 Å². The molecule has 4 rings (SSSR count). The fourth-order valence-corrected chi connectivity index (χ4v) is 5.70. The van der Waals surface area contributed by atoms with E-state index in [-0.39, 0.29) is 18.1 Å². The Balaban J connectivity index is 1.83. The van der Waals surface area contributed by atoms with Gasteiger partial charge in [-0.1, -0.05) is 48.5 Å². The third kappa shape index (κ3) is 4.20. The van der Waals surface area contributed by atoms with E-state index in [1.807, 2.05) is 18.2 Å². The Morgan fingerprint density at radius 3 is 2.18 bits per heavy atom. The van der Waals surface area contributed by atoms with E-state index >= 15 is 0 Å². The Kier molecular flexibility index (Phi) is 6.51. The number of anilines is 2. The van der Waals surface area contributed by atoms with Crippen molar-refractivity contribution in [2.75, 3.05) is 22.8 Å². The van der Waals surface area contributed by atoms with Gasteiger partial charge in [-0.05, 0) is 49.7 Å². The summed E-state index contributed by atoms with van der Waals surface area (Å²) in [5.41, 5.74) is 2.85. The number of ether oxygens (including phenoxy) is 1.